The number of thiophene rings is 1. The number of benzene rings is 1. The van der Waals surface area contributed by atoms with Crippen molar-refractivity contribution in [1.29, 1.82) is 0 Å². The number of hydrogen-bond acceptors (Lipinski definition) is 4. The molecule has 22 heavy (non-hydrogen) atoms. The fraction of sp³-hybridized carbons (Fsp3) is 0.250. The number of hydrogen-bond donors (Lipinski definition) is 1. The molecule has 0 spiro atoms. The van der Waals surface area contributed by atoms with Crippen LogP contribution in [-0.4, -0.2) is 18.7 Å². The Morgan fingerprint density at radius 3 is 2.64 bits per heavy atom. The molecule has 0 atom stereocenters. The predicted molar refractivity (Wildman–Crippen MR) is 93.8 cm³/mol. The van der Waals surface area contributed by atoms with Gasteiger partial charge in [0.2, 0.25) is 0 Å². The van der Waals surface area contributed by atoms with Gasteiger partial charge in [-0.15, -0.1) is 11.3 Å². The van der Waals surface area contributed by atoms with E-state index >= 15 is 0 Å². The molecule has 4 nitrogen and oxygen atoms in total. The Morgan fingerprint density at radius 2 is 2.05 bits per heavy atom. The van der Waals surface area contributed by atoms with Crippen molar-refractivity contribution in [2.75, 3.05) is 6.61 Å². The van der Waals surface area contributed by atoms with Gasteiger partial charge in [0.1, 0.15) is 5.75 Å². The van der Waals surface area contributed by atoms with Crippen LogP contribution in [0, 0.1) is 0 Å². The molecule has 2 rings (SSSR count). The van der Waals surface area contributed by atoms with Crippen LogP contribution in [0.25, 0.3) is 0 Å². The summed E-state index contributed by atoms with van der Waals surface area (Å²) in [5, 5.41) is 3.89. The van der Waals surface area contributed by atoms with Crippen LogP contribution in [0.15, 0.2) is 45.3 Å². The monoisotopic (exact) mass is 380 g/mol. The van der Waals surface area contributed by atoms with Crippen molar-refractivity contribution in [1.82, 2.24) is 5.43 Å². The molecule has 0 aliphatic rings. The molecule has 0 fully saturated rings. The Labute approximate surface area is 142 Å². The molecule has 0 saturated heterocycles. The summed E-state index contributed by atoms with van der Waals surface area (Å²) in [4.78, 5) is 12.6. The summed E-state index contributed by atoms with van der Waals surface area (Å²) in [6.07, 6.45) is 1.60. The number of carbonyl (C=O) groups is 1. The van der Waals surface area contributed by atoms with Gasteiger partial charge >= 0.3 is 0 Å². The number of rotatable bonds is 6. The average Bonchev–Trinajstić information content (AvgIpc) is 2.91. The molecule has 0 radical (unpaired) electrons. The third kappa shape index (κ3) is 5.27. The zero-order valence-corrected chi connectivity index (χ0v) is 14.8. The maximum absolute atomic E-state index is 11.6. The summed E-state index contributed by atoms with van der Waals surface area (Å²) in [7, 11) is 0. The van der Waals surface area contributed by atoms with E-state index in [1.54, 1.807) is 6.21 Å². The van der Waals surface area contributed by atoms with Gasteiger partial charge in [0, 0.05) is 4.88 Å². The van der Waals surface area contributed by atoms with E-state index in [2.05, 4.69) is 40.3 Å². The largest absolute Gasteiger partial charge is 0.484 e. The van der Waals surface area contributed by atoms with Crippen LogP contribution in [-0.2, 0) is 4.79 Å². The standard InChI is InChI=1S/C16H17BrN2O2S/c1-11(2)12-3-5-13(6-4-12)21-10-16(20)19-18-9-14-7-8-15(17)22-14/h3-9,11H,10H2,1-2H3,(H,19,20). The highest BCUT2D eigenvalue weighted by molar-refractivity contribution is 9.11. The van der Waals surface area contributed by atoms with Crippen molar-refractivity contribution in [3.8, 4) is 5.75 Å². The average molecular weight is 381 g/mol. The molecule has 6 heteroatoms. The number of hydrazone groups is 1. The molecule has 0 aliphatic carbocycles. The summed E-state index contributed by atoms with van der Waals surface area (Å²) in [6, 6.07) is 11.6. The molecule has 1 amide bonds. The van der Waals surface area contributed by atoms with Gasteiger partial charge in [-0.1, -0.05) is 26.0 Å². The minimum Gasteiger partial charge on any atom is -0.484 e. The SMILES string of the molecule is CC(C)c1ccc(OCC(=O)NN=Cc2ccc(Br)s2)cc1. The van der Waals surface area contributed by atoms with E-state index in [-0.39, 0.29) is 12.5 Å². The highest BCUT2D eigenvalue weighted by atomic mass is 79.9. The van der Waals surface area contributed by atoms with Crippen LogP contribution < -0.4 is 10.2 Å². The van der Waals surface area contributed by atoms with Gasteiger partial charge in [-0.2, -0.15) is 5.10 Å². The molecular weight excluding hydrogens is 364 g/mol. The molecule has 0 saturated carbocycles. The van der Waals surface area contributed by atoms with Crippen molar-refractivity contribution >= 4 is 39.4 Å². The smallest absolute Gasteiger partial charge is 0.277 e. The van der Waals surface area contributed by atoms with Gasteiger partial charge in [-0.3, -0.25) is 4.79 Å². The lowest BCUT2D eigenvalue weighted by molar-refractivity contribution is -0.123. The highest BCUT2D eigenvalue weighted by Crippen LogP contribution is 2.20. The van der Waals surface area contributed by atoms with Crippen LogP contribution in [0.5, 0.6) is 5.75 Å². The fourth-order valence-electron chi connectivity index (χ4n) is 1.70. The topological polar surface area (TPSA) is 50.7 Å². The molecule has 0 aliphatic heterocycles. The molecule has 1 heterocycles. The lowest BCUT2D eigenvalue weighted by Crippen LogP contribution is -2.24. The first-order valence-electron chi connectivity index (χ1n) is 6.84. The molecule has 0 bridgehead atoms. The van der Waals surface area contributed by atoms with Crippen LogP contribution in [0.3, 0.4) is 0 Å². The second-order valence-electron chi connectivity index (χ2n) is 4.95. The van der Waals surface area contributed by atoms with Gasteiger partial charge in [0.15, 0.2) is 6.61 Å². The Hall–Kier alpha value is -1.66. The third-order valence-corrected chi connectivity index (χ3v) is 4.45. The summed E-state index contributed by atoms with van der Waals surface area (Å²) in [5.41, 5.74) is 3.68. The van der Waals surface area contributed by atoms with Crippen molar-refractivity contribution < 1.29 is 9.53 Å². The van der Waals surface area contributed by atoms with E-state index in [4.69, 9.17) is 4.74 Å². The first-order valence-corrected chi connectivity index (χ1v) is 8.45. The van der Waals surface area contributed by atoms with Crippen LogP contribution in [0.4, 0.5) is 0 Å². The minimum absolute atomic E-state index is 0.0630. The second-order valence-corrected chi connectivity index (χ2v) is 7.44. The van der Waals surface area contributed by atoms with Crippen LogP contribution in [0.2, 0.25) is 0 Å². The molecule has 0 unspecified atom stereocenters. The van der Waals surface area contributed by atoms with E-state index in [0.29, 0.717) is 11.7 Å². The Balaban J connectivity index is 1.76. The zero-order chi connectivity index (χ0) is 15.9. The molecular formula is C16H17BrN2O2S. The van der Waals surface area contributed by atoms with Crippen LogP contribution >= 0.6 is 27.3 Å². The number of ether oxygens (including phenoxy) is 1. The van der Waals surface area contributed by atoms with Gasteiger partial charge in [-0.25, -0.2) is 5.43 Å². The zero-order valence-electron chi connectivity index (χ0n) is 12.4. The van der Waals surface area contributed by atoms with Gasteiger partial charge < -0.3 is 4.74 Å². The fourth-order valence-corrected chi connectivity index (χ4v) is 2.99. The van der Waals surface area contributed by atoms with Crippen molar-refractivity contribution in [3.05, 3.63) is 50.6 Å². The minimum atomic E-state index is -0.292. The molecule has 1 aromatic heterocycles. The Morgan fingerprint density at radius 1 is 1.32 bits per heavy atom. The molecule has 2 aromatic rings. The number of nitrogens with zero attached hydrogens (tertiary/aromatic N) is 1. The number of halogens is 1. The maximum Gasteiger partial charge on any atom is 0.277 e. The van der Waals surface area contributed by atoms with Crippen molar-refractivity contribution in [3.63, 3.8) is 0 Å². The lowest BCUT2D eigenvalue weighted by atomic mass is 10.0. The van der Waals surface area contributed by atoms with E-state index in [9.17, 15) is 4.79 Å². The van der Waals surface area contributed by atoms with E-state index in [1.165, 1.54) is 16.9 Å². The summed E-state index contributed by atoms with van der Waals surface area (Å²) < 4.78 is 6.44. The highest BCUT2D eigenvalue weighted by Gasteiger charge is 2.03. The second kappa shape index (κ2) is 8.10. The Kier molecular flexibility index (Phi) is 6.15. The van der Waals surface area contributed by atoms with Crippen LogP contribution in [0.1, 0.15) is 30.2 Å². The maximum atomic E-state index is 11.6. The number of carbonyl (C=O) groups excluding carboxylic acids is 1. The Bertz CT molecular complexity index is 650. The predicted octanol–water partition coefficient (Wildman–Crippen LogP) is 4.16. The van der Waals surface area contributed by atoms with E-state index < -0.39 is 0 Å². The van der Waals surface area contributed by atoms with E-state index in [1.807, 2.05) is 36.4 Å². The van der Waals surface area contributed by atoms with Crippen molar-refractivity contribution in [2.24, 2.45) is 5.10 Å². The number of amides is 1. The quantitative estimate of drug-likeness (QED) is 0.603. The third-order valence-electron chi connectivity index (χ3n) is 2.89. The van der Waals surface area contributed by atoms with Gasteiger partial charge in [-0.05, 0) is 51.7 Å². The summed E-state index contributed by atoms with van der Waals surface area (Å²) in [5.74, 6) is 0.856. The number of nitrogens with one attached hydrogen (secondary N) is 1. The van der Waals surface area contributed by atoms with Gasteiger partial charge in [0.25, 0.3) is 5.91 Å². The van der Waals surface area contributed by atoms with E-state index in [0.717, 1.165) is 8.66 Å². The molecule has 116 valence electrons. The van der Waals surface area contributed by atoms with Gasteiger partial charge in [0.05, 0.1) is 10.0 Å². The molecule has 1 aromatic carbocycles. The lowest BCUT2D eigenvalue weighted by Gasteiger charge is -2.08. The van der Waals surface area contributed by atoms with Crippen molar-refractivity contribution in [2.45, 2.75) is 19.8 Å². The first-order chi connectivity index (χ1) is 10.5. The summed E-state index contributed by atoms with van der Waals surface area (Å²) >= 11 is 4.91. The molecule has 1 N–H and O–H groups in total. The summed E-state index contributed by atoms with van der Waals surface area (Å²) in [6.45, 7) is 4.20. The first kappa shape index (κ1) is 16.7. The normalized spacial score (nSPS) is 11.1.